The van der Waals surface area contributed by atoms with Gasteiger partial charge in [0.05, 0.1) is 16.8 Å². The molecule has 2 amide bonds. The number of hydrogen-bond acceptors (Lipinski definition) is 4. The van der Waals surface area contributed by atoms with Crippen LogP contribution in [0, 0.1) is 5.92 Å². The minimum absolute atomic E-state index is 0.0763. The van der Waals surface area contributed by atoms with Crippen LogP contribution in [0.2, 0.25) is 0 Å². The summed E-state index contributed by atoms with van der Waals surface area (Å²) in [6.45, 7) is 6.24. The molecule has 3 heterocycles. The first-order valence-electron chi connectivity index (χ1n) is 11.8. The van der Waals surface area contributed by atoms with Gasteiger partial charge in [-0.15, -0.1) is 0 Å². The Bertz CT molecular complexity index is 1180. The van der Waals surface area contributed by atoms with Gasteiger partial charge >= 0.3 is 0 Å². The number of carbonyl (C=O) groups excluding carboxylic acids is 2. The van der Waals surface area contributed by atoms with Gasteiger partial charge in [-0.1, -0.05) is 49.0 Å². The minimum atomic E-state index is 0.0763. The average molecular weight is 463 g/mol. The maximum Gasteiger partial charge on any atom is 0.242 e. The predicted octanol–water partition coefficient (Wildman–Crippen LogP) is 4.36. The number of anilines is 1. The minimum Gasteiger partial charge on any atom is -0.341 e. The smallest absolute Gasteiger partial charge is 0.242 e. The Morgan fingerprint density at radius 3 is 2.55 bits per heavy atom. The molecule has 2 aromatic carbocycles. The van der Waals surface area contributed by atoms with E-state index in [9.17, 15) is 9.59 Å². The van der Waals surface area contributed by atoms with Crippen molar-refractivity contribution in [3.8, 4) is 0 Å². The fraction of sp³-hybridized carbons (Fsp3) is 0.423. The van der Waals surface area contributed by atoms with Crippen molar-refractivity contribution in [2.24, 2.45) is 5.92 Å². The lowest BCUT2D eigenvalue weighted by molar-refractivity contribution is -0.133. The van der Waals surface area contributed by atoms with E-state index in [1.807, 2.05) is 56.8 Å². The number of aromatic nitrogens is 2. The summed E-state index contributed by atoms with van der Waals surface area (Å²) in [4.78, 5) is 35.0. The zero-order chi connectivity index (χ0) is 22.9. The number of nitrogens with zero attached hydrogens (tertiary/aromatic N) is 4. The number of piperidine rings is 1. The maximum atomic E-state index is 13.2. The third-order valence-corrected chi connectivity index (χ3v) is 7.81. The number of rotatable bonds is 5. The van der Waals surface area contributed by atoms with Gasteiger partial charge in [-0.3, -0.25) is 9.59 Å². The molecule has 172 valence electrons. The first-order chi connectivity index (χ1) is 16.0. The normalized spacial score (nSPS) is 18.7. The van der Waals surface area contributed by atoms with Gasteiger partial charge in [-0.25, -0.2) is 4.98 Å². The first-order valence-corrected chi connectivity index (χ1v) is 12.8. The summed E-state index contributed by atoms with van der Waals surface area (Å²) >= 11 is 1.42. The summed E-state index contributed by atoms with van der Waals surface area (Å²) in [6.07, 6.45) is 3.00. The van der Waals surface area contributed by atoms with E-state index in [1.165, 1.54) is 17.3 Å². The largest absolute Gasteiger partial charge is 0.341 e. The molecule has 33 heavy (non-hydrogen) atoms. The van der Waals surface area contributed by atoms with Gasteiger partial charge in [0, 0.05) is 24.8 Å². The summed E-state index contributed by atoms with van der Waals surface area (Å²) < 4.78 is 1.98. The topological polar surface area (TPSA) is 58.4 Å². The molecule has 0 saturated carbocycles. The lowest BCUT2D eigenvalue weighted by atomic mass is 9.99. The molecular formula is C26H30N4O2S. The van der Waals surface area contributed by atoms with Crippen molar-refractivity contribution in [3.63, 3.8) is 0 Å². The molecule has 6 nitrogen and oxygen atoms in total. The van der Waals surface area contributed by atoms with Gasteiger partial charge in [-0.05, 0) is 55.9 Å². The summed E-state index contributed by atoms with van der Waals surface area (Å²) in [5, 5.41) is 0.725. The van der Waals surface area contributed by atoms with Crippen LogP contribution in [0.4, 0.5) is 5.69 Å². The van der Waals surface area contributed by atoms with Crippen molar-refractivity contribution in [1.29, 1.82) is 0 Å². The third kappa shape index (κ3) is 4.38. The molecule has 2 aliphatic rings. The van der Waals surface area contributed by atoms with Gasteiger partial charge in [-0.2, -0.15) is 0 Å². The molecule has 0 radical (unpaired) electrons. The van der Waals surface area contributed by atoms with E-state index in [-0.39, 0.29) is 30.2 Å². The fourth-order valence-corrected chi connectivity index (χ4v) is 5.82. The van der Waals surface area contributed by atoms with Crippen LogP contribution in [0.25, 0.3) is 11.0 Å². The summed E-state index contributed by atoms with van der Waals surface area (Å²) in [5.74, 6) is 1.17. The summed E-state index contributed by atoms with van der Waals surface area (Å²) in [7, 11) is 0. The van der Waals surface area contributed by atoms with E-state index < -0.39 is 0 Å². The van der Waals surface area contributed by atoms with Crippen LogP contribution < -0.4 is 4.90 Å². The van der Waals surface area contributed by atoms with Crippen LogP contribution in [-0.2, 0) is 22.6 Å². The third-order valence-electron chi connectivity index (χ3n) is 6.85. The number of amides is 2. The van der Waals surface area contributed by atoms with Crippen LogP contribution in [0.3, 0.4) is 0 Å². The predicted molar refractivity (Wildman–Crippen MR) is 133 cm³/mol. The molecule has 2 aliphatic heterocycles. The van der Waals surface area contributed by atoms with Gasteiger partial charge in [0.2, 0.25) is 11.8 Å². The standard InChI is InChI=1S/C26H30N4O2S/c1-18-11-13-28(14-12-18)24(31)16-29-23-10-6-4-8-21(23)27-26(29)33-17-25(32)30-19(2)15-20-7-3-5-9-22(20)30/h3-10,18-19H,11-17H2,1-2H3/t19-/m1/s1. The molecule has 7 heteroatoms. The van der Waals surface area contributed by atoms with E-state index in [4.69, 9.17) is 4.98 Å². The lowest BCUT2D eigenvalue weighted by Gasteiger charge is -2.30. The number of benzene rings is 2. The highest BCUT2D eigenvalue weighted by molar-refractivity contribution is 7.99. The van der Waals surface area contributed by atoms with Crippen molar-refractivity contribution in [2.45, 2.75) is 50.9 Å². The van der Waals surface area contributed by atoms with Crippen molar-refractivity contribution < 1.29 is 9.59 Å². The number of thioether (sulfide) groups is 1. The highest BCUT2D eigenvalue weighted by Crippen LogP contribution is 2.33. The SMILES string of the molecule is CC1CCN(C(=O)Cn2c(SCC(=O)N3c4ccccc4C[C@H]3C)nc3ccccc32)CC1. The molecule has 1 atom stereocenters. The molecule has 5 rings (SSSR count). The van der Waals surface area contributed by atoms with E-state index >= 15 is 0 Å². The van der Waals surface area contributed by atoms with E-state index in [1.54, 1.807) is 0 Å². The second-order valence-corrected chi connectivity index (χ2v) is 10.2. The second kappa shape index (κ2) is 9.21. The monoisotopic (exact) mass is 462 g/mol. The van der Waals surface area contributed by atoms with E-state index in [0.29, 0.717) is 5.92 Å². The Labute approximate surface area is 199 Å². The average Bonchev–Trinajstić information content (AvgIpc) is 3.34. The quantitative estimate of drug-likeness (QED) is 0.529. The highest BCUT2D eigenvalue weighted by atomic mass is 32.2. The fourth-order valence-electron chi connectivity index (χ4n) is 4.95. The van der Waals surface area contributed by atoms with Crippen molar-refractivity contribution >= 4 is 40.3 Å². The number of fused-ring (bicyclic) bond motifs is 2. The molecule has 0 N–H and O–H groups in total. The Kier molecular flexibility index (Phi) is 6.15. The van der Waals surface area contributed by atoms with Crippen LogP contribution in [0.5, 0.6) is 0 Å². The summed E-state index contributed by atoms with van der Waals surface area (Å²) in [6, 6.07) is 16.2. The number of para-hydroxylation sites is 3. The number of hydrogen-bond donors (Lipinski definition) is 0. The summed E-state index contributed by atoms with van der Waals surface area (Å²) in [5.41, 5.74) is 4.02. The number of carbonyl (C=O) groups is 2. The molecule has 0 aliphatic carbocycles. The van der Waals surface area contributed by atoms with E-state index in [2.05, 4.69) is 19.9 Å². The zero-order valence-electron chi connectivity index (χ0n) is 19.2. The second-order valence-electron chi connectivity index (χ2n) is 9.27. The van der Waals surface area contributed by atoms with Crippen LogP contribution in [0.1, 0.15) is 32.3 Å². The van der Waals surface area contributed by atoms with Gasteiger partial charge in [0.25, 0.3) is 0 Å². The number of imidazole rings is 1. The molecular weight excluding hydrogens is 432 g/mol. The maximum absolute atomic E-state index is 13.2. The van der Waals surface area contributed by atoms with Crippen molar-refractivity contribution in [2.75, 3.05) is 23.7 Å². The number of likely N-dealkylation sites (tertiary alicyclic amines) is 1. The van der Waals surface area contributed by atoms with Crippen molar-refractivity contribution in [3.05, 3.63) is 54.1 Å². The van der Waals surface area contributed by atoms with Gasteiger partial charge in [0.1, 0.15) is 6.54 Å². The highest BCUT2D eigenvalue weighted by Gasteiger charge is 2.31. The Hall–Kier alpha value is -2.80. The molecule has 0 unspecified atom stereocenters. The van der Waals surface area contributed by atoms with Crippen molar-refractivity contribution in [1.82, 2.24) is 14.5 Å². The molecule has 3 aromatic rings. The lowest BCUT2D eigenvalue weighted by Crippen LogP contribution is -2.39. The molecule has 1 fully saturated rings. The molecule has 0 spiro atoms. The van der Waals surface area contributed by atoms with Crippen LogP contribution in [-0.4, -0.2) is 51.1 Å². The van der Waals surface area contributed by atoms with Gasteiger partial charge < -0.3 is 14.4 Å². The Balaban J connectivity index is 1.34. The van der Waals surface area contributed by atoms with E-state index in [0.717, 1.165) is 54.2 Å². The van der Waals surface area contributed by atoms with Crippen LogP contribution in [0.15, 0.2) is 53.7 Å². The Morgan fingerprint density at radius 1 is 1.00 bits per heavy atom. The van der Waals surface area contributed by atoms with Gasteiger partial charge in [0.15, 0.2) is 5.16 Å². The van der Waals surface area contributed by atoms with Crippen LogP contribution >= 0.6 is 11.8 Å². The zero-order valence-corrected chi connectivity index (χ0v) is 20.1. The molecule has 0 bridgehead atoms. The Morgan fingerprint density at radius 2 is 1.73 bits per heavy atom. The first kappa shape index (κ1) is 22.0. The molecule has 1 aromatic heterocycles. The molecule has 1 saturated heterocycles.